The lowest BCUT2D eigenvalue weighted by atomic mass is 10.0. The SMILES string of the molecule is Cc1ccc(/C(C#N)=C/c2cc(Br)cc(Br)c2OCC(=O)Nc2cccc(C)c2)cc1. The molecule has 0 atom stereocenters. The first kappa shape index (κ1) is 22.8. The number of amides is 1. The van der Waals surface area contributed by atoms with Crippen molar-refractivity contribution in [2.24, 2.45) is 0 Å². The molecule has 0 saturated heterocycles. The molecule has 0 aliphatic rings. The molecule has 0 heterocycles. The number of anilines is 1. The van der Waals surface area contributed by atoms with E-state index in [2.05, 4.69) is 43.2 Å². The Morgan fingerprint density at radius 1 is 1.06 bits per heavy atom. The Bertz CT molecular complexity index is 1180. The second kappa shape index (κ2) is 10.4. The number of hydrogen-bond donors (Lipinski definition) is 1. The minimum absolute atomic E-state index is 0.165. The Morgan fingerprint density at radius 3 is 2.48 bits per heavy atom. The topological polar surface area (TPSA) is 62.1 Å². The average Bonchev–Trinajstić information content (AvgIpc) is 2.72. The van der Waals surface area contributed by atoms with E-state index in [1.165, 1.54) is 0 Å². The maximum absolute atomic E-state index is 12.4. The highest BCUT2D eigenvalue weighted by Gasteiger charge is 2.13. The Balaban J connectivity index is 1.85. The summed E-state index contributed by atoms with van der Waals surface area (Å²) in [7, 11) is 0. The number of nitrogens with zero attached hydrogens (tertiary/aromatic N) is 1. The molecule has 0 fully saturated rings. The number of halogens is 2. The van der Waals surface area contributed by atoms with Crippen LogP contribution in [0, 0.1) is 25.2 Å². The lowest BCUT2D eigenvalue weighted by Gasteiger charge is -2.13. The van der Waals surface area contributed by atoms with E-state index < -0.39 is 0 Å². The van der Waals surface area contributed by atoms with Gasteiger partial charge < -0.3 is 10.1 Å². The smallest absolute Gasteiger partial charge is 0.262 e. The molecule has 31 heavy (non-hydrogen) atoms. The standard InChI is InChI=1S/C25H20Br2N2O2/c1-16-6-8-18(9-7-16)20(14-28)11-19-12-21(26)13-23(27)25(19)31-15-24(30)29-22-5-3-4-17(2)10-22/h3-13H,15H2,1-2H3,(H,29,30)/b20-11+. The van der Waals surface area contributed by atoms with Crippen LogP contribution in [-0.2, 0) is 4.79 Å². The Morgan fingerprint density at radius 2 is 1.81 bits per heavy atom. The molecule has 6 heteroatoms. The van der Waals surface area contributed by atoms with E-state index in [4.69, 9.17) is 4.74 Å². The molecule has 0 aliphatic heterocycles. The van der Waals surface area contributed by atoms with Gasteiger partial charge in [-0.2, -0.15) is 5.26 Å². The van der Waals surface area contributed by atoms with Crippen molar-refractivity contribution < 1.29 is 9.53 Å². The molecule has 156 valence electrons. The van der Waals surface area contributed by atoms with Gasteiger partial charge in [-0.05, 0) is 71.2 Å². The van der Waals surface area contributed by atoms with Crippen LogP contribution in [0.3, 0.4) is 0 Å². The van der Waals surface area contributed by atoms with Gasteiger partial charge in [-0.3, -0.25) is 4.79 Å². The van der Waals surface area contributed by atoms with Crippen LogP contribution in [0.1, 0.15) is 22.3 Å². The molecule has 4 nitrogen and oxygen atoms in total. The number of allylic oxidation sites excluding steroid dienone is 1. The second-order valence-corrected chi connectivity index (χ2v) is 8.82. The van der Waals surface area contributed by atoms with E-state index >= 15 is 0 Å². The van der Waals surface area contributed by atoms with Crippen molar-refractivity contribution in [3.8, 4) is 11.8 Å². The third-order valence-corrected chi connectivity index (χ3v) is 5.52. The quantitative estimate of drug-likeness (QED) is 0.273. The zero-order valence-electron chi connectivity index (χ0n) is 17.1. The zero-order valence-corrected chi connectivity index (χ0v) is 20.2. The molecule has 0 spiro atoms. The molecule has 0 unspecified atom stereocenters. The fraction of sp³-hybridized carbons (Fsp3) is 0.120. The summed E-state index contributed by atoms with van der Waals surface area (Å²) >= 11 is 6.98. The molecule has 3 aromatic rings. The van der Waals surface area contributed by atoms with Crippen molar-refractivity contribution in [3.63, 3.8) is 0 Å². The minimum atomic E-state index is -0.269. The van der Waals surface area contributed by atoms with Crippen LogP contribution in [0.15, 0.2) is 69.6 Å². The van der Waals surface area contributed by atoms with Crippen molar-refractivity contribution in [1.29, 1.82) is 5.26 Å². The zero-order chi connectivity index (χ0) is 22.4. The summed E-state index contributed by atoms with van der Waals surface area (Å²) in [5.74, 6) is 0.219. The number of carbonyl (C=O) groups is 1. The molecule has 1 N–H and O–H groups in total. The highest BCUT2D eigenvalue weighted by atomic mass is 79.9. The fourth-order valence-electron chi connectivity index (χ4n) is 2.97. The summed E-state index contributed by atoms with van der Waals surface area (Å²) < 4.78 is 7.35. The van der Waals surface area contributed by atoms with Gasteiger partial charge in [-0.15, -0.1) is 0 Å². The third-order valence-electron chi connectivity index (χ3n) is 4.47. The summed E-state index contributed by atoms with van der Waals surface area (Å²) in [5.41, 5.74) is 4.89. The van der Waals surface area contributed by atoms with Gasteiger partial charge >= 0.3 is 0 Å². The molecule has 3 rings (SSSR count). The van der Waals surface area contributed by atoms with Gasteiger partial charge in [0.1, 0.15) is 5.75 Å². The summed E-state index contributed by atoms with van der Waals surface area (Å²) in [4.78, 5) is 12.4. The van der Waals surface area contributed by atoms with Gasteiger partial charge in [0.15, 0.2) is 6.61 Å². The van der Waals surface area contributed by atoms with Crippen LogP contribution in [0.25, 0.3) is 11.6 Å². The van der Waals surface area contributed by atoms with Gasteiger partial charge in [-0.1, -0.05) is 57.9 Å². The van der Waals surface area contributed by atoms with Crippen molar-refractivity contribution in [2.75, 3.05) is 11.9 Å². The van der Waals surface area contributed by atoms with Crippen molar-refractivity contribution >= 4 is 55.1 Å². The molecule has 0 aliphatic carbocycles. The molecule has 0 saturated carbocycles. The van der Waals surface area contributed by atoms with E-state index in [1.807, 2.05) is 74.5 Å². The van der Waals surface area contributed by atoms with Gasteiger partial charge in [-0.25, -0.2) is 0 Å². The van der Waals surface area contributed by atoms with Crippen LogP contribution < -0.4 is 10.1 Å². The first-order chi connectivity index (χ1) is 14.9. The Kier molecular flexibility index (Phi) is 7.67. The summed E-state index contributed by atoms with van der Waals surface area (Å²) in [6.07, 6.45) is 1.76. The normalized spacial score (nSPS) is 11.0. The van der Waals surface area contributed by atoms with Crippen molar-refractivity contribution in [1.82, 2.24) is 0 Å². The van der Waals surface area contributed by atoms with Crippen LogP contribution in [0.2, 0.25) is 0 Å². The lowest BCUT2D eigenvalue weighted by Crippen LogP contribution is -2.20. The van der Waals surface area contributed by atoms with Gasteiger partial charge in [0.05, 0.1) is 16.1 Å². The van der Waals surface area contributed by atoms with E-state index in [-0.39, 0.29) is 12.5 Å². The molecule has 0 aromatic heterocycles. The number of aryl methyl sites for hydroxylation is 2. The average molecular weight is 540 g/mol. The molecular weight excluding hydrogens is 520 g/mol. The number of nitriles is 1. The largest absolute Gasteiger partial charge is 0.482 e. The number of nitrogens with one attached hydrogen (secondary N) is 1. The number of benzene rings is 3. The van der Waals surface area contributed by atoms with Gasteiger partial charge in [0.25, 0.3) is 5.91 Å². The van der Waals surface area contributed by atoms with E-state index in [9.17, 15) is 10.1 Å². The van der Waals surface area contributed by atoms with E-state index in [1.54, 1.807) is 6.08 Å². The highest BCUT2D eigenvalue weighted by molar-refractivity contribution is 9.11. The molecule has 3 aromatic carbocycles. The summed E-state index contributed by atoms with van der Waals surface area (Å²) in [5, 5.41) is 12.5. The lowest BCUT2D eigenvalue weighted by molar-refractivity contribution is -0.118. The maximum Gasteiger partial charge on any atom is 0.262 e. The predicted molar refractivity (Wildman–Crippen MR) is 132 cm³/mol. The van der Waals surface area contributed by atoms with Crippen molar-refractivity contribution in [3.05, 3.63) is 91.9 Å². The van der Waals surface area contributed by atoms with Crippen LogP contribution in [0.4, 0.5) is 5.69 Å². The highest BCUT2D eigenvalue weighted by Crippen LogP contribution is 2.35. The van der Waals surface area contributed by atoms with Crippen LogP contribution >= 0.6 is 31.9 Å². The predicted octanol–water partition coefficient (Wildman–Crippen LogP) is 6.91. The van der Waals surface area contributed by atoms with Crippen molar-refractivity contribution in [2.45, 2.75) is 13.8 Å². The number of hydrogen-bond acceptors (Lipinski definition) is 3. The Hall–Kier alpha value is -2.88. The minimum Gasteiger partial charge on any atom is -0.482 e. The molecular formula is C25H20Br2N2O2. The van der Waals surface area contributed by atoms with E-state index in [0.29, 0.717) is 21.4 Å². The number of rotatable bonds is 6. The third kappa shape index (κ3) is 6.30. The van der Waals surface area contributed by atoms with Crippen LogP contribution in [-0.4, -0.2) is 12.5 Å². The van der Waals surface area contributed by atoms with Gasteiger partial charge in [0.2, 0.25) is 0 Å². The summed E-state index contributed by atoms with van der Waals surface area (Å²) in [6.45, 7) is 3.80. The second-order valence-electron chi connectivity index (χ2n) is 7.05. The first-order valence-corrected chi connectivity index (χ1v) is 11.1. The molecule has 0 radical (unpaired) electrons. The maximum atomic E-state index is 12.4. The fourth-order valence-corrected chi connectivity index (χ4v) is 4.34. The number of ether oxygens (including phenoxy) is 1. The van der Waals surface area contributed by atoms with Gasteiger partial charge in [0, 0.05) is 15.7 Å². The Labute approximate surface area is 198 Å². The first-order valence-electron chi connectivity index (χ1n) is 9.53. The molecule has 1 amide bonds. The number of carbonyl (C=O) groups excluding carboxylic acids is 1. The summed E-state index contributed by atoms with van der Waals surface area (Å²) in [6, 6.07) is 21.3. The van der Waals surface area contributed by atoms with Crippen LogP contribution in [0.5, 0.6) is 5.75 Å². The van der Waals surface area contributed by atoms with E-state index in [0.717, 1.165) is 26.9 Å². The molecule has 0 bridgehead atoms. The monoisotopic (exact) mass is 538 g/mol.